The van der Waals surface area contributed by atoms with Crippen LogP contribution >= 0.6 is 0 Å². The van der Waals surface area contributed by atoms with Gasteiger partial charge in [0.2, 0.25) is 5.91 Å². The normalized spacial score (nSPS) is 13.5. The molecule has 0 fully saturated rings. The van der Waals surface area contributed by atoms with Gasteiger partial charge < -0.3 is 15.5 Å². The van der Waals surface area contributed by atoms with Crippen LogP contribution in [0.1, 0.15) is 206 Å². The van der Waals surface area contributed by atoms with E-state index in [4.69, 9.17) is 0 Å². The fraction of sp³-hybridized carbons (Fsp3) is 0.795. The SMILES string of the molecule is CCC/C=C\CCCCCCCC(=O)NC(CO)C(O)/C=C/CC/C=C/CC/C=C/CCCCCCCCCCCCCCCCCC. The van der Waals surface area contributed by atoms with E-state index in [1.54, 1.807) is 6.08 Å². The van der Waals surface area contributed by atoms with Crippen molar-refractivity contribution in [3.63, 3.8) is 0 Å². The number of amides is 1. The zero-order valence-corrected chi connectivity index (χ0v) is 32.0. The lowest BCUT2D eigenvalue weighted by Gasteiger charge is -2.19. The Morgan fingerprint density at radius 3 is 1.29 bits per heavy atom. The van der Waals surface area contributed by atoms with E-state index in [1.165, 1.54) is 135 Å². The Morgan fingerprint density at radius 1 is 0.479 bits per heavy atom. The molecule has 0 heterocycles. The Hall–Kier alpha value is -1.65. The van der Waals surface area contributed by atoms with Crippen molar-refractivity contribution in [1.29, 1.82) is 0 Å². The standard InChI is InChI=1S/C44H81NO3/c1-3-5-7-9-11-13-15-16-17-18-19-20-21-22-23-24-25-26-27-28-29-30-31-33-35-37-39-43(47)42(41-46)45-44(48)40-38-36-34-32-14-12-10-8-6-4-2/h8,10,26-27,30-31,37,39,42-43,46-47H,3-7,9,11-25,28-29,32-36,38,40-41H2,1-2H3,(H,45,48)/b10-8-,27-26+,31-30+,39-37+. The van der Waals surface area contributed by atoms with Gasteiger partial charge in [0.15, 0.2) is 0 Å². The minimum absolute atomic E-state index is 0.0917. The second kappa shape index (κ2) is 39.8. The van der Waals surface area contributed by atoms with Gasteiger partial charge in [0.1, 0.15) is 0 Å². The molecule has 0 saturated heterocycles. The van der Waals surface area contributed by atoms with Crippen LogP contribution in [0.4, 0.5) is 0 Å². The molecule has 0 aromatic heterocycles. The Balaban J connectivity index is 3.61. The van der Waals surface area contributed by atoms with Crippen molar-refractivity contribution in [2.24, 2.45) is 0 Å². The minimum Gasteiger partial charge on any atom is -0.394 e. The zero-order valence-electron chi connectivity index (χ0n) is 32.0. The minimum atomic E-state index is -0.872. The maximum absolute atomic E-state index is 12.3. The number of aliphatic hydroxyl groups is 2. The molecular weight excluding hydrogens is 590 g/mol. The van der Waals surface area contributed by atoms with E-state index in [0.29, 0.717) is 6.42 Å². The van der Waals surface area contributed by atoms with Crippen LogP contribution in [0.5, 0.6) is 0 Å². The van der Waals surface area contributed by atoms with E-state index in [1.807, 2.05) is 6.08 Å². The van der Waals surface area contributed by atoms with Gasteiger partial charge in [-0.1, -0.05) is 184 Å². The highest BCUT2D eigenvalue weighted by Crippen LogP contribution is 2.14. The number of unbranched alkanes of at least 4 members (excludes halogenated alkanes) is 24. The van der Waals surface area contributed by atoms with Crippen molar-refractivity contribution in [3.05, 3.63) is 48.6 Å². The lowest BCUT2D eigenvalue weighted by Crippen LogP contribution is -2.45. The summed E-state index contributed by atoms with van der Waals surface area (Å²) in [6.07, 6.45) is 53.7. The van der Waals surface area contributed by atoms with E-state index in [9.17, 15) is 15.0 Å². The molecule has 4 heteroatoms. The summed E-state index contributed by atoms with van der Waals surface area (Å²) < 4.78 is 0. The number of carbonyl (C=O) groups excluding carboxylic acids is 1. The lowest BCUT2D eigenvalue weighted by atomic mass is 10.0. The Kier molecular flexibility index (Phi) is 38.4. The summed E-state index contributed by atoms with van der Waals surface area (Å²) in [6.45, 7) is 4.22. The molecule has 4 nitrogen and oxygen atoms in total. The summed E-state index contributed by atoms with van der Waals surface area (Å²) in [5.41, 5.74) is 0. The summed E-state index contributed by atoms with van der Waals surface area (Å²) in [4.78, 5) is 12.3. The third kappa shape index (κ3) is 35.7. The molecule has 2 unspecified atom stereocenters. The van der Waals surface area contributed by atoms with Crippen molar-refractivity contribution in [3.8, 4) is 0 Å². The maximum atomic E-state index is 12.3. The summed E-state index contributed by atoms with van der Waals surface area (Å²) in [5, 5.41) is 22.9. The number of carbonyl (C=O) groups is 1. The largest absolute Gasteiger partial charge is 0.394 e. The summed E-state index contributed by atoms with van der Waals surface area (Å²) in [7, 11) is 0. The van der Waals surface area contributed by atoms with Gasteiger partial charge in [0, 0.05) is 6.42 Å². The fourth-order valence-corrected chi connectivity index (χ4v) is 6.03. The number of rotatable bonds is 37. The molecule has 0 aromatic carbocycles. The highest BCUT2D eigenvalue weighted by atomic mass is 16.3. The number of hydrogen-bond acceptors (Lipinski definition) is 3. The van der Waals surface area contributed by atoms with Crippen molar-refractivity contribution in [1.82, 2.24) is 5.32 Å². The lowest BCUT2D eigenvalue weighted by molar-refractivity contribution is -0.123. The molecule has 0 spiro atoms. The van der Waals surface area contributed by atoms with Crippen LogP contribution in [0.2, 0.25) is 0 Å². The molecule has 0 radical (unpaired) electrons. The highest BCUT2D eigenvalue weighted by Gasteiger charge is 2.17. The van der Waals surface area contributed by atoms with Crippen LogP contribution in [0.25, 0.3) is 0 Å². The van der Waals surface area contributed by atoms with E-state index in [2.05, 4.69) is 55.6 Å². The third-order valence-electron chi connectivity index (χ3n) is 9.24. The van der Waals surface area contributed by atoms with Gasteiger partial charge in [-0.25, -0.2) is 0 Å². The zero-order chi connectivity index (χ0) is 35.0. The first kappa shape index (κ1) is 46.4. The van der Waals surface area contributed by atoms with E-state index in [0.717, 1.165) is 51.4 Å². The summed E-state index contributed by atoms with van der Waals surface area (Å²) in [5.74, 6) is -0.0917. The van der Waals surface area contributed by atoms with Crippen molar-refractivity contribution < 1.29 is 15.0 Å². The molecular formula is C44H81NO3. The topological polar surface area (TPSA) is 69.6 Å². The molecule has 280 valence electrons. The second-order valence-electron chi connectivity index (χ2n) is 14.0. The monoisotopic (exact) mass is 672 g/mol. The van der Waals surface area contributed by atoms with Gasteiger partial charge >= 0.3 is 0 Å². The Bertz CT molecular complexity index is 771. The molecule has 48 heavy (non-hydrogen) atoms. The Morgan fingerprint density at radius 2 is 0.854 bits per heavy atom. The first-order valence-electron chi connectivity index (χ1n) is 20.9. The molecule has 1 amide bonds. The molecule has 0 saturated carbocycles. The van der Waals surface area contributed by atoms with Crippen LogP contribution in [0, 0.1) is 0 Å². The predicted molar refractivity (Wildman–Crippen MR) is 211 cm³/mol. The molecule has 0 aromatic rings. The molecule has 3 N–H and O–H groups in total. The molecule has 2 atom stereocenters. The number of hydrogen-bond donors (Lipinski definition) is 3. The van der Waals surface area contributed by atoms with Crippen LogP contribution < -0.4 is 5.32 Å². The van der Waals surface area contributed by atoms with Crippen molar-refractivity contribution in [2.75, 3.05) is 6.61 Å². The van der Waals surface area contributed by atoms with Crippen molar-refractivity contribution in [2.45, 2.75) is 219 Å². The molecule has 0 aliphatic rings. The Labute approximate surface area is 299 Å². The van der Waals surface area contributed by atoms with Gasteiger partial charge in [0.25, 0.3) is 0 Å². The van der Waals surface area contributed by atoms with Gasteiger partial charge in [-0.3, -0.25) is 4.79 Å². The molecule has 0 rings (SSSR count). The summed E-state index contributed by atoms with van der Waals surface area (Å²) in [6, 6.07) is -0.648. The third-order valence-corrected chi connectivity index (χ3v) is 9.24. The average Bonchev–Trinajstić information content (AvgIpc) is 3.09. The highest BCUT2D eigenvalue weighted by molar-refractivity contribution is 5.76. The fourth-order valence-electron chi connectivity index (χ4n) is 6.03. The quantitative estimate of drug-likeness (QED) is 0.0455. The first-order chi connectivity index (χ1) is 23.7. The molecule has 0 bridgehead atoms. The van der Waals surface area contributed by atoms with Crippen LogP contribution in [0.3, 0.4) is 0 Å². The first-order valence-corrected chi connectivity index (χ1v) is 20.9. The summed E-state index contributed by atoms with van der Waals surface area (Å²) >= 11 is 0. The maximum Gasteiger partial charge on any atom is 0.220 e. The number of nitrogens with one attached hydrogen (secondary N) is 1. The van der Waals surface area contributed by atoms with Crippen LogP contribution in [-0.2, 0) is 4.79 Å². The van der Waals surface area contributed by atoms with Gasteiger partial charge in [-0.05, 0) is 64.2 Å². The molecule has 0 aliphatic carbocycles. The van der Waals surface area contributed by atoms with Gasteiger partial charge in [-0.15, -0.1) is 0 Å². The van der Waals surface area contributed by atoms with E-state index >= 15 is 0 Å². The van der Waals surface area contributed by atoms with Gasteiger partial charge in [0.05, 0.1) is 18.8 Å². The molecule has 0 aliphatic heterocycles. The second-order valence-corrected chi connectivity index (χ2v) is 14.0. The van der Waals surface area contributed by atoms with Gasteiger partial charge in [-0.2, -0.15) is 0 Å². The van der Waals surface area contributed by atoms with Crippen molar-refractivity contribution >= 4 is 5.91 Å². The smallest absolute Gasteiger partial charge is 0.220 e. The number of aliphatic hydroxyl groups excluding tert-OH is 2. The van der Waals surface area contributed by atoms with E-state index < -0.39 is 12.1 Å². The average molecular weight is 672 g/mol. The predicted octanol–water partition coefficient (Wildman–Crippen LogP) is 12.8. The van der Waals surface area contributed by atoms with E-state index in [-0.39, 0.29) is 12.5 Å². The number of allylic oxidation sites excluding steroid dienone is 7. The van der Waals surface area contributed by atoms with Crippen LogP contribution in [0.15, 0.2) is 48.6 Å². The van der Waals surface area contributed by atoms with Crippen LogP contribution in [-0.4, -0.2) is 34.9 Å².